The van der Waals surface area contributed by atoms with Crippen molar-refractivity contribution in [3.05, 3.63) is 77.4 Å². The molecule has 2 aliphatic rings. The molecule has 3 aromatic rings. The predicted octanol–water partition coefficient (Wildman–Crippen LogP) is 3.11. The van der Waals surface area contributed by atoms with Gasteiger partial charge in [-0.2, -0.15) is 0 Å². The molecule has 1 saturated heterocycles. The van der Waals surface area contributed by atoms with Crippen LogP contribution in [0.25, 0.3) is 0 Å². The van der Waals surface area contributed by atoms with E-state index in [0.29, 0.717) is 6.04 Å². The number of carbonyl (C=O) groups excluding carboxylic acids is 1. The van der Waals surface area contributed by atoms with Crippen molar-refractivity contribution in [1.29, 1.82) is 0 Å². The van der Waals surface area contributed by atoms with Gasteiger partial charge in [-0.15, -0.1) is 10.2 Å². The lowest BCUT2D eigenvalue weighted by Gasteiger charge is -2.20. The number of aryl methyl sites for hydroxylation is 1. The summed E-state index contributed by atoms with van der Waals surface area (Å²) in [5.74, 6) is 1.35. The fraction of sp³-hybridized carbons (Fsp3) is 0.400. The Morgan fingerprint density at radius 1 is 1.12 bits per heavy atom. The highest BCUT2D eigenvalue weighted by molar-refractivity contribution is 5.95. The van der Waals surface area contributed by atoms with Crippen LogP contribution in [0.2, 0.25) is 0 Å². The van der Waals surface area contributed by atoms with Gasteiger partial charge in [0.05, 0.1) is 6.10 Å². The lowest BCUT2D eigenvalue weighted by atomic mass is 10.0. The van der Waals surface area contributed by atoms with Crippen molar-refractivity contribution in [2.24, 2.45) is 0 Å². The highest BCUT2D eigenvalue weighted by Gasteiger charge is 2.32. The Hall–Kier alpha value is -3.03. The zero-order valence-electron chi connectivity index (χ0n) is 18.2. The van der Waals surface area contributed by atoms with Gasteiger partial charge in [0.15, 0.2) is 0 Å². The number of nitrogens with one attached hydrogen (secondary N) is 2. The Morgan fingerprint density at radius 2 is 1.91 bits per heavy atom. The van der Waals surface area contributed by atoms with Gasteiger partial charge in [0.25, 0.3) is 0 Å². The van der Waals surface area contributed by atoms with Crippen LogP contribution < -0.4 is 10.6 Å². The molecule has 3 heterocycles. The van der Waals surface area contributed by atoms with E-state index in [0.717, 1.165) is 55.1 Å². The van der Waals surface area contributed by atoms with Crippen molar-refractivity contribution < 1.29 is 9.90 Å². The van der Waals surface area contributed by atoms with Crippen molar-refractivity contribution in [2.75, 3.05) is 5.32 Å². The van der Waals surface area contributed by atoms with E-state index >= 15 is 0 Å². The molecule has 4 atom stereocenters. The molecule has 2 aromatic carbocycles. The van der Waals surface area contributed by atoms with E-state index in [2.05, 4.69) is 33.0 Å². The van der Waals surface area contributed by atoms with Gasteiger partial charge in [-0.25, -0.2) is 0 Å². The van der Waals surface area contributed by atoms with Gasteiger partial charge in [0, 0.05) is 24.3 Å². The van der Waals surface area contributed by atoms with Crippen molar-refractivity contribution in [3.63, 3.8) is 0 Å². The molecule has 5 rings (SSSR count). The van der Waals surface area contributed by atoms with Crippen molar-refractivity contribution in [2.45, 2.75) is 63.3 Å². The molecule has 1 aromatic heterocycles. The molecule has 0 saturated carbocycles. The second kappa shape index (κ2) is 8.84. The van der Waals surface area contributed by atoms with Crippen molar-refractivity contribution in [1.82, 2.24) is 20.1 Å². The molecule has 1 amide bonds. The van der Waals surface area contributed by atoms with Crippen molar-refractivity contribution in [3.8, 4) is 0 Å². The minimum atomic E-state index is -0.482. The smallest absolute Gasteiger partial charge is 0.235 e. The van der Waals surface area contributed by atoms with Gasteiger partial charge < -0.3 is 20.3 Å². The largest absolute Gasteiger partial charge is 0.387 e. The number of hydrogen-bond donors (Lipinski definition) is 3. The summed E-state index contributed by atoms with van der Waals surface area (Å²) in [5, 5.41) is 25.5. The maximum atomic E-state index is 12.7. The lowest BCUT2D eigenvalue weighted by molar-refractivity contribution is -0.117. The fourth-order valence-corrected chi connectivity index (χ4v) is 4.95. The molecule has 0 radical (unpaired) electrons. The summed E-state index contributed by atoms with van der Waals surface area (Å²) in [6.07, 6.45) is 3.18. The summed E-state index contributed by atoms with van der Waals surface area (Å²) >= 11 is 0. The van der Waals surface area contributed by atoms with E-state index in [4.69, 9.17) is 0 Å². The monoisotopic (exact) mass is 431 g/mol. The average Bonchev–Trinajstić information content (AvgIpc) is 3.54. The second-order valence-corrected chi connectivity index (χ2v) is 8.89. The minimum absolute atomic E-state index is 0.0286. The molecule has 3 N–H and O–H groups in total. The number of nitrogens with zero attached hydrogens (tertiary/aromatic N) is 3. The SMILES string of the molecule is Cc1nnc2n1CC[C@H]2C(=O)Nc1ccc(C[C@@H]2CC[C@H]([C@H](O)c3ccccc3)N2)cc1. The molecule has 0 aliphatic carbocycles. The van der Waals surface area contributed by atoms with Gasteiger partial charge in [-0.05, 0) is 55.9 Å². The molecule has 32 heavy (non-hydrogen) atoms. The van der Waals surface area contributed by atoms with E-state index in [1.165, 1.54) is 5.56 Å². The molecule has 0 spiro atoms. The van der Waals surface area contributed by atoms with Crippen LogP contribution in [0, 0.1) is 6.92 Å². The van der Waals surface area contributed by atoms with Crippen LogP contribution in [-0.2, 0) is 17.8 Å². The summed E-state index contributed by atoms with van der Waals surface area (Å²) < 4.78 is 2.02. The van der Waals surface area contributed by atoms with Gasteiger partial charge in [-0.3, -0.25) is 4.79 Å². The van der Waals surface area contributed by atoms with E-state index < -0.39 is 6.10 Å². The summed E-state index contributed by atoms with van der Waals surface area (Å²) in [6.45, 7) is 2.71. The Balaban J connectivity index is 1.15. The molecule has 1 fully saturated rings. The molecule has 0 unspecified atom stereocenters. The molecular formula is C25H29N5O2. The minimum Gasteiger partial charge on any atom is -0.387 e. The number of amides is 1. The Labute approximate surface area is 187 Å². The van der Waals surface area contributed by atoms with E-state index in [-0.39, 0.29) is 17.9 Å². The highest BCUT2D eigenvalue weighted by Crippen LogP contribution is 2.29. The van der Waals surface area contributed by atoms with Crippen LogP contribution in [0.5, 0.6) is 0 Å². The number of hydrogen-bond acceptors (Lipinski definition) is 5. The standard InChI is InChI=1S/C25H29N5O2/c1-16-28-29-24-21(13-14-30(16)24)25(32)27-19-9-7-17(8-10-19)15-20-11-12-22(26-20)23(31)18-5-3-2-4-6-18/h2-10,20-23,26,31H,11-15H2,1H3,(H,27,32)/t20-,21+,22+,23+/m0/s1. The van der Waals surface area contributed by atoms with Gasteiger partial charge in [0.2, 0.25) is 5.91 Å². The van der Waals surface area contributed by atoms with Crippen LogP contribution >= 0.6 is 0 Å². The Morgan fingerprint density at radius 3 is 2.69 bits per heavy atom. The molecule has 7 heteroatoms. The number of rotatable bonds is 6. The summed E-state index contributed by atoms with van der Waals surface area (Å²) in [6, 6.07) is 18.3. The first-order valence-corrected chi connectivity index (χ1v) is 11.4. The zero-order chi connectivity index (χ0) is 22.1. The fourth-order valence-electron chi connectivity index (χ4n) is 4.95. The van der Waals surface area contributed by atoms with Gasteiger partial charge in [-0.1, -0.05) is 42.5 Å². The summed E-state index contributed by atoms with van der Waals surface area (Å²) in [4.78, 5) is 12.7. The number of aromatic nitrogens is 3. The highest BCUT2D eigenvalue weighted by atomic mass is 16.3. The van der Waals surface area contributed by atoms with Gasteiger partial charge in [0.1, 0.15) is 17.6 Å². The number of benzene rings is 2. The number of fused-ring (bicyclic) bond motifs is 1. The Bertz CT molecular complexity index is 1080. The first-order valence-electron chi connectivity index (χ1n) is 11.4. The van der Waals surface area contributed by atoms with Crippen molar-refractivity contribution >= 4 is 11.6 Å². The van der Waals surface area contributed by atoms with E-state index in [1.54, 1.807) is 0 Å². The lowest BCUT2D eigenvalue weighted by Crippen LogP contribution is -2.35. The first kappa shape index (κ1) is 20.8. The Kier molecular flexibility index (Phi) is 5.76. The third-order valence-electron chi connectivity index (χ3n) is 6.74. The van der Waals surface area contributed by atoms with Crippen LogP contribution in [0.3, 0.4) is 0 Å². The number of aliphatic hydroxyl groups is 1. The second-order valence-electron chi connectivity index (χ2n) is 8.89. The van der Waals surface area contributed by atoms with E-state index in [1.807, 2.05) is 54.0 Å². The normalized spacial score (nSPS) is 23.1. The number of aliphatic hydroxyl groups excluding tert-OH is 1. The van der Waals surface area contributed by atoms with Crippen LogP contribution in [0.4, 0.5) is 5.69 Å². The average molecular weight is 432 g/mol. The number of carbonyl (C=O) groups is 1. The molecule has 166 valence electrons. The van der Waals surface area contributed by atoms with Crippen LogP contribution in [-0.4, -0.2) is 37.9 Å². The molecule has 0 bridgehead atoms. The zero-order valence-corrected chi connectivity index (χ0v) is 18.2. The first-order chi connectivity index (χ1) is 15.6. The summed E-state index contributed by atoms with van der Waals surface area (Å²) in [7, 11) is 0. The third kappa shape index (κ3) is 4.18. The maximum absolute atomic E-state index is 12.7. The molecule has 2 aliphatic heterocycles. The molecular weight excluding hydrogens is 402 g/mol. The van der Waals surface area contributed by atoms with E-state index in [9.17, 15) is 9.90 Å². The third-order valence-corrected chi connectivity index (χ3v) is 6.74. The van der Waals surface area contributed by atoms with Gasteiger partial charge >= 0.3 is 0 Å². The van der Waals surface area contributed by atoms with Crippen LogP contribution in [0.15, 0.2) is 54.6 Å². The summed E-state index contributed by atoms with van der Waals surface area (Å²) in [5.41, 5.74) is 2.97. The van der Waals surface area contributed by atoms with Crippen LogP contribution in [0.1, 0.15) is 54.1 Å². The molecule has 7 nitrogen and oxygen atoms in total. The predicted molar refractivity (Wildman–Crippen MR) is 122 cm³/mol. The maximum Gasteiger partial charge on any atom is 0.235 e. The quantitative estimate of drug-likeness (QED) is 0.558. The number of anilines is 1. The topological polar surface area (TPSA) is 92.1 Å².